The van der Waals surface area contributed by atoms with Crippen molar-refractivity contribution in [3.05, 3.63) is 0 Å². The second kappa shape index (κ2) is 8.15. The zero-order valence-corrected chi connectivity index (χ0v) is 12.3. The molecule has 5 nitrogen and oxygen atoms in total. The van der Waals surface area contributed by atoms with E-state index in [1.54, 1.807) is 4.90 Å². The van der Waals surface area contributed by atoms with Crippen LogP contribution in [0.25, 0.3) is 0 Å². The van der Waals surface area contributed by atoms with Crippen LogP contribution >= 0.6 is 0 Å². The molecule has 0 aromatic heterocycles. The largest absolute Gasteiger partial charge is 0.380 e. The number of hydrogen-bond donors (Lipinski definition) is 1. The van der Waals surface area contributed by atoms with Crippen molar-refractivity contribution in [2.24, 2.45) is 5.92 Å². The Hall–Kier alpha value is -1.10. The molecule has 1 fully saturated rings. The number of carbonyl (C=O) groups excluding carboxylic acids is 2. The quantitative estimate of drug-likeness (QED) is 0.707. The van der Waals surface area contributed by atoms with Crippen LogP contribution in [0.2, 0.25) is 0 Å². The van der Waals surface area contributed by atoms with Crippen LogP contribution in [-0.2, 0) is 14.3 Å². The molecule has 1 heterocycles. The Bertz CT molecular complexity index is 305. The van der Waals surface area contributed by atoms with Gasteiger partial charge in [-0.2, -0.15) is 0 Å². The van der Waals surface area contributed by atoms with E-state index >= 15 is 0 Å². The first-order valence-electron chi connectivity index (χ1n) is 7.20. The molecule has 1 atom stereocenters. The van der Waals surface area contributed by atoms with Gasteiger partial charge in [-0.1, -0.05) is 20.8 Å². The molecule has 1 aliphatic heterocycles. The predicted molar refractivity (Wildman–Crippen MR) is 73.7 cm³/mol. The van der Waals surface area contributed by atoms with Crippen LogP contribution < -0.4 is 5.32 Å². The molecule has 5 heteroatoms. The van der Waals surface area contributed by atoms with Crippen LogP contribution in [-0.4, -0.2) is 49.1 Å². The number of amides is 2. The van der Waals surface area contributed by atoms with Crippen molar-refractivity contribution in [2.75, 3.05) is 26.3 Å². The molecule has 0 aliphatic carbocycles. The van der Waals surface area contributed by atoms with Crippen molar-refractivity contribution in [3.63, 3.8) is 0 Å². The molecular formula is C14H26N2O3. The van der Waals surface area contributed by atoms with Crippen LogP contribution in [0, 0.1) is 5.92 Å². The molecule has 0 bridgehead atoms. The van der Waals surface area contributed by atoms with Gasteiger partial charge in [0.1, 0.15) is 6.04 Å². The van der Waals surface area contributed by atoms with Crippen LogP contribution in [0.4, 0.5) is 0 Å². The lowest BCUT2D eigenvalue weighted by atomic mass is 10.1. The summed E-state index contributed by atoms with van der Waals surface area (Å²) < 4.78 is 5.53. The Morgan fingerprint density at radius 1 is 1.37 bits per heavy atom. The van der Waals surface area contributed by atoms with Gasteiger partial charge >= 0.3 is 0 Å². The van der Waals surface area contributed by atoms with E-state index in [-0.39, 0.29) is 17.9 Å². The fourth-order valence-electron chi connectivity index (χ4n) is 1.99. The maximum Gasteiger partial charge on any atom is 0.245 e. The number of ether oxygens (including phenoxy) is 1. The molecular weight excluding hydrogens is 244 g/mol. The third kappa shape index (κ3) is 5.59. The molecule has 19 heavy (non-hydrogen) atoms. The Kier molecular flexibility index (Phi) is 6.84. The standard InChI is InChI=1S/C14H26N2O3/c1-4-12-14(18)16(7-5-13(17)15-12)8-10-19-9-6-11(2)3/h11-12H,4-10H2,1-3H3,(H,15,17). The van der Waals surface area contributed by atoms with Gasteiger partial charge in [-0.25, -0.2) is 0 Å². The van der Waals surface area contributed by atoms with Gasteiger partial charge in [0.15, 0.2) is 0 Å². The number of nitrogens with one attached hydrogen (secondary N) is 1. The molecule has 1 unspecified atom stereocenters. The summed E-state index contributed by atoms with van der Waals surface area (Å²) in [7, 11) is 0. The van der Waals surface area contributed by atoms with E-state index in [0.29, 0.717) is 38.5 Å². The highest BCUT2D eigenvalue weighted by molar-refractivity contribution is 5.89. The second-order valence-corrected chi connectivity index (χ2v) is 5.40. The Morgan fingerprint density at radius 2 is 2.11 bits per heavy atom. The molecule has 0 aromatic rings. The lowest BCUT2D eigenvalue weighted by molar-refractivity contribution is -0.134. The van der Waals surface area contributed by atoms with Crippen LogP contribution in [0.1, 0.15) is 40.0 Å². The Balaban J connectivity index is 2.34. The van der Waals surface area contributed by atoms with Crippen molar-refractivity contribution in [1.82, 2.24) is 10.2 Å². The van der Waals surface area contributed by atoms with E-state index in [1.165, 1.54) is 0 Å². The van der Waals surface area contributed by atoms with Gasteiger partial charge in [0, 0.05) is 26.1 Å². The van der Waals surface area contributed by atoms with Crippen molar-refractivity contribution in [1.29, 1.82) is 0 Å². The smallest absolute Gasteiger partial charge is 0.245 e. The summed E-state index contributed by atoms with van der Waals surface area (Å²) in [5.41, 5.74) is 0. The normalized spacial score (nSPS) is 20.6. The Labute approximate surface area is 115 Å². The molecule has 1 N–H and O–H groups in total. The van der Waals surface area contributed by atoms with E-state index in [1.807, 2.05) is 6.92 Å². The van der Waals surface area contributed by atoms with Crippen molar-refractivity contribution in [2.45, 2.75) is 46.1 Å². The van der Waals surface area contributed by atoms with E-state index in [9.17, 15) is 9.59 Å². The summed E-state index contributed by atoms with van der Waals surface area (Å²) in [5.74, 6) is 0.607. The number of nitrogens with zero attached hydrogens (tertiary/aromatic N) is 1. The van der Waals surface area contributed by atoms with Crippen molar-refractivity contribution >= 4 is 11.8 Å². The topological polar surface area (TPSA) is 58.6 Å². The molecule has 0 aromatic carbocycles. The van der Waals surface area contributed by atoms with Gasteiger partial charge in [0.05, 0.1) is 6.61 Å². The zero-order chi connectivity index (χ0) is 14.3. The minimum atomic E-state index is -0.370. The summed E-state index contributed by atoms with van der Waals surface area (Å²) in [5, 5.41) is 2.75. The highest BCUT2D eigenvalue weighted by Crippen LogP contribution is 2.06. The number of hydrogen-bond acceptors (Lipinski definition) is 3. The third-order valence-corrected chi connectivity index (χ3v) is 3.31. The third-order valence-electron chi connectivity index (χ3n) is 3.31. The van der Waals surface area contributed by atoms with E-state index in [0.717, 1.165) is 13.0 Å². The fraction of sp³-hybridized carbons (Fsp3) is 0.857. The lowest BCUT2D eigenvalue weighted by Gasteiger charge is -2.23. The SMILES string of the molecule is CCC1NC(=O)CCN(CCOCCC(C)C)C1=O. The maximum absolute atomic E-state index is 12.1. The van der Waals surface area contributed by atoms with Gasteiger partial charge in [-0.15, -0.1) is 0 Å². The van der Waals surface area contributed by atoms with Gasteiger partial charge in [-0.05, 0) is 18.8 Å². The zero-order valence-electron chi connectivity index (χ0n) is 12.3. The van der Waals surface area contributed by atoms with Crippen LogP contribution in [0.15, 0.2) is 0 Å². The minimum absolute atomic E-state index is 0.0146. The average molecular weight is 270 g/mol. The summed E-state index contributed by atoms with van der Waals surface area (Å²) in [6.07, 6.45) is 2.05. The summed E-state index contributed by atoms with van der Waals surface area (Å²) in [4.78, 5) is 25.4. The number of carbonyl (C=O) groups is 2. The van der Waals surface area contributed by atoms with Gasteiger partial charge < -0.3 is 15.0 Å². The fourth-order valence-corrected chi connectivity index (χ4v) is 1.99. The first-order valence-corrected chi connectivity index (χ1v) is 7.20. The highest BCUT2D eigenvalue weighted by Gasteiger charge is 2.27. The molecule has 0 saturated carbocycles. The summed E-state index contributed by atoms with van der Waals surface area (Å²) in [6, 6.07) is -0.370. The maximum atomic E-state index is 12.1. The van der Waals surface area contributed by atoms with E-state index in [4.69, 9.17) is 4.74 Å². The van der Waals surface area contributed by atoms with E-state index in [2.05, 4.69) is 19.2 Å². The predicted octanol–water partition coefficient (Wildman–Crippen LogP) is 1.18. The molecule has 0 radical (unpaired) electrons. The molecule has 1 saturated heterocycles. The van der Waals surface area contributed by atoms with Gasteiger partial charge in [0.25, 0.3) is 0 Å². The Morgan fingerprint density at radius 3 is 2.74 bits per heavy atom. The highest BCUT2D eigenvalue weighted by atomic mass is 16.5. The summed E-state index contributed by atoms with van der Waals surface area (Å²) >= 11 is 0. The molecule has 1 aliphatic rings. The first-order chi connectivity index (χ1) is 9.04. The monoisotopic (exact) mass is 270 g/mol. The molecule has 0 spiro atoms. The van der Waals surface area contributed by atoms with Crippen LogP contribution in [0.5, 0.6) is 0 Å². The average Bonchev–Trinajstić information content (AvgIpc) is 2.50. The minimum Gasteiger partial charge on any atom is -0.380 e. The lowest BCUT2D eigenvalue weighted by Crippen LogP contribution is -2.45. The summed E-state index contributed by atoms with van der Waals surface area (Å²) in [6.45, 7) is 8.56. The van der Waals surface area contributed by atoms with Crippen molar-refractivity contribution < 1.29 is 14.3 Å². The van der Waals surface area contributed by atoms with Gasteiger partial charge in [0.2, 0.25) is 11.8 Å². The number of rotatable bonds is 7. The molecule has 2 amide bonds. The first kappa shape index (κ1) is 16.0. The molecule has 1 rings (SSSR count). The van der Waals surface area contributed by atoms with Crippen molar-refractivity contribution in [3.8, 4) is 0 Å². The second-order valence-electron chi connectivity index (χ2n) is 5.40. The van der Waals surface area contributed by atoms with Crippen LogP contribution in [0.3, 0.4) is 0 Å². The van der Waals surface area contributed by atoms with E-state index < -0.39 is 0 Å². The molecule has 110 valence electrons. The van der Waals surface area contributed by atoms with Gasteiger partial charge in [-0.3, -0.25) is 9.59 Å².